The number of primary amides is 1. The fraction of sp³-hybridized carbons (Fsp3) is 0.692. The van der Waals surface area contributed by atoms with Crippen LogP contribution in [0.1, 0.15) is 33.1 Å². The van der Waals surface area contributed by atoms with E-state index in [4.69, 9.17) is 10.8 Å². The molecule has 9 heteroatoms. The molecule has 0 heterocycles. The van der Waals surface area contributed by atoms with E-state index in [1.807, 2.05) is 13.8 Å². The molecule has 0 aromatic carbocycles. The van der Waals surface area contributed by atoms with Gasteiger partial charge in [0.05, 0.1) is 5.75 Å². The molecule has 0 aromatic heterocycles. The number of aliphatic carboxylic acids is 1. The summed E-state index contributed by atoms with van der Waals surface area (Å²) in [7, 11) is 0. The maximum Gasteiger partial charge on any atom is 0.303 e. The smallest absolute Gasteiger partial charge is 0.303 e. The van der Waals surface area contributed by atoms with Gasteiger partial charge in [-0.15, -0.1) is 0 Å². The summed E-state index contributed by atoms with van der Waals surface area (Å²) in [4.78, 5) is 45.5. The lowest BCUT2D eigenvalue weighted by atomic mass is 10.0. The second kappa shape index (κ2) is 10.0. The molecule has 0 unspecified atom stereocenters. The van der Waals surface area contributed by atoms with Gasteiger partial charge in [-0.1, -0.05) is 13.8 Å². The highest BCUT2D eigenvalue weighted by molar-refractivity contribution is 7.81. The van der Waals surface area contributed by atoms with Crippen molar-refractivity contribution in [1.82, 2.24) is 10.6 Å². The van der Waals surface area contributed by atoms with Crippen LogP contribution in [-0.4, -0.2) is 46.6 Å². The van der Waals surface area contributed by atoms with Crippen LogP contribution in [0.2, 0.25) is 0 Å². The number of nitrogens with two attached hydrogens (primary N) is 1. The zero-order chi connectivity index (χ0) is 17.3. The molecule has 3 amide bonds. The van der Waals surface area contributed by atoms with Crippen molar-refractivity contribution in [2.75, 3.05) is 5.75 Å². The SMILES string of the molecule is CC(C)C[C@H](NC(=O)[C@H](CCC(=O)O)NC(=O)CS)C(N)=O. The maximum atomic E-state index is 12.2. The lowest BCUT2D eigenvalue weighted by Crippen LogP contribution is -2.53. The van der Waals surface area contributed by atoms with Gasteiger partial charge in [0.15, 0.2) is 0 Å². The molecule has 0 aliphatic carbocycles. The van der Waals surface area contributed by atoms with E-state index in [-0.39, 0.29) is 24.5 Å². The fourth-order valence-electron chi connectivity index (χ4n) is 1.77. The van der Waals surface area contributed by atoms with Gasteiger partial charge >= 0.3 is 5.97 Å². The molecule has 126 valence electrons. The van der Waals surface area contributed by atoms with Crippen molar-refractivity contribution in [2.45, 2.75) is 45.2 Å². The molecular weight excluding hydrogens is 310 g/mol. The molecule has 0 bridgehead atoms. The predicted octanol–water partition coefficient (Wildman–Crippen LogP) is -0.718. The quantitative estimate of drug-likeness (QED) is 0.336. The Morgan fingerprint density at radius 1 is 1.14 bits per heavy atom. The topological polar surface area (TPSA) is 139 Å². The third-order valence-corrected chi connectivity index (χ3v) is 3.10. The molecule has 0 saturated carbocycles. The van der Waals surface area contributed by atoms with Crippen LogP contribution >= 0.6 is 12.6 Å². The number of amides is 3. The van der Waals surface area contributed by atoms with Crippen molar-refractivity contribution in [3.63, 3.8) is 0 Å². The first-order chi connectivity index (χ1) is 10.2. The second-order valence-corrected chi connectivity index (χ2v) is 5.62. The van der Waals surface area contributed by atoms with Crippen molar-refractivity contribution in [3.05, 3.63) is 0 Å². The molecule has 22 heavy (non-hydrogen) atoms. The average molecular weight is 333 g/mol. The van der Waals surface area contributed by atoms with Crippen molar-refractivity contribution >= 4 is 36.3 Å². The molecule has 0 aromatic rings. The predicted molar refractivity (Wildman–Crippen MR) is 83.2 cm³/mol. The molecule has 8 nitrogen and oxygen atoms in total. The highest BCUT2D eigenvalue weighted by Crippen LogP contribution is 2.06. The molecule has 0 rings (SSSR count). The van der Waals surface area contributed by atoms with Gasteiger partial charge in [0.1, 0.15) is 12.1 Å². The maximum absolute atomic E-state index is 12.2. The molecule has 0 spiro atoms. The Morgan fingerprint density at radius 2 is 1.73 bits per heavy atom. The molecule has 0 saturated heterocycles. The first-order valence-corrected chi connectivity index (χ1v) is 7.52. The van der Waals surface area contributed by atoms with E-state index in [1.165, 1.54) is 0 Å². The third-order valence-electron chi connectivity index (χ3n) is 2.81. The van der Waals surface area contributed by atoms with E-state index < -0.39 is 35.8 Å². The van der Waals surface area contributed by atoms with Gasteiger partial charge in [-0.05, 0) is 18.8 Å². The van der Waals surface area contributed by atoms with Gasteiger partial charge in [0.25, 0.3) is 0 Å². The minimum Gasteiger partial charge on any atom is -0.481 e. The average Bonchev–Trinajstić information content (AvgIpc) is 2.41. The van der Waals surface area contributed by atoms with Crippen molar-refractivity contribution in [1.29, 1.82) is 0 Å². The van der Waals surface area contributed by atoms with Crippen LogP contribution in [-0.2, 0) is 19.2 Å². The zero-order valence-electron chi connectivity index (χ0n) is 12.7. The van der Waals surface area contributed by atoms with Gasteiger partial charge in [0.2, 0.25) is 17.7 Å². The first-order valence-electron chi connectivity index (χ1n) is 6.89. The molecule has 0 aliphatic heterocycles. The van der Waals surface area contributed by atoms with Crippen LogP contribution < -0.4 is 16.4 Å². The number of thiol groups is 1. The standard InChI is InChI=1S/C13H23N3O5S/c1-7(2)5-9(12(14)20)16-13(21)8(3-4-11(18)19)15-10(17)6-22/h7-9,22H,3-6H2,1-2H3,(H2,14,20)(H,15,17)(H,16,21)(H,18,19)/t8-,9-/m0/s1. The van der Waals surface area contributed by atoms with Crippen molar-refractivity contribution < 1.29 is 24.3 Å². The van der Waals surface area contributed by atoms with Gasteiger partial charge in [-0.25, -0.2) is 0 Å². The number of nitrogens with one attached hydrogen (secondary N) is 2. The van der Waals surface area contributed by atoms with E-state index >= 15 is 0 Å². The summed E-state index contributed by atoms with van der Waals surface area (Å²) >= 11 is 3.78. The van der Waals surface area contributed by atoms with Crippen LogP contribution in [0, 0.1) is 5.92 Å². The first kappa shape index (κ1) is 20.2. The highest BCUT2D eigenvalue weighted by atomic mass is 32.1. The Kier molecular flexibility index (Phi) is 9.23. The Morgan fingerprint density at radius 3 is 2.14 bits per heavy atom. The normalized spacial score (nSPS) is 13.3. The Labute approximate surface area is 134 Å². The lowest BCUT2D eigenvalue weighted by molar-refractivity contribution is -0.138. The van der Waals surface area contributed by atoms with Gasteiger partial charge in [-0.3, -0.25) is 19.2 Å². The summed E-state index contributed by atoms with van der Waals surface area (Å²) in [6, 6.07) is -1.92. The summed E-state index contributed by atoms with van der Waals surface area (Å²) in [5.41, 5.74) is 5.24. The van der Waals surface area contributed by atoms with Crippen LogP contribution in [0.15, 0.2) is 0 Å². The van der Waals surface area contributed by atoms with Crippen LogP contribution in [0.4, 0.5) is 0 Å². The molecule has 5 N–H and O–H groups in total. The number of carbonyl (C=O) groups is 4. The Bertz CT molecular complexity index is 428. The van der Waals surface area contributed by atoms with Gasteiger partial charge in [0, 0.05) is 6.42 Å². The van der Waals surface area contributed by atoms with Gasteiger partial charge < -0.3 is 21.5 Å². The molecule has 2 atom stereocenters. The molecule has 0 aliphatic rings. The second-order valence-electron chi connectivity index (χ2n) is 5.30. The summed E-state index contributed by atoms with van der Waals surface area (Å²) in [5, 5.41) is 13.5. The lowest BCUT2D eigenvalue weighted by Gasteiger charge is -2.22. The number of carboxylic acid groups (broad SMARTS) is 1. The minimum absolute atomic E-state index is 0.0894. The fourth-order valence-corrected chi connectivity index (χ4v) is 1.86. The van der Waals surface area contributed by atoms with Gasteiger partial charge in [-0.2, -0.15) is 12.6 Å². The number of carboxylic acids is 1. The van der Waals surface area contributed by atoms with Crippen LogP contribution in [0.25, 0.3) is 0 Å². The highest BCUT2D eigenvalue weighted by Gasteiger charge is 2.26. The number of rotatable bonds is 10. The van der Waals surface area contributed by atoms with E-state index in [9.17, 15) is 19.2 Å². The van der Waals surface area contributed by atoms with Crippen LogP contribution in [0.3, 0.4) is 0 Å². The minimum atomic E-state index is -1.09. The number of carbonyl (C=O) groups excluding carboxylic acids is 3. The monoisotopic (exact) mass is 333 g/mol. The number of hydrogen-bond donors (Lipinski definition) is 5. The summed E-state index contributed by atoms with van der Waals surface area (Å²) in [6.07, 6.45) is -0.0303. The van der Waals surface area contributed by atoms with Crippen LogP contribution in [0.5, 0.6) is 0 Å². The Hall–Kier alpha value is -1.77. The molecule has 0 fully saturated rings. The van der Waals surface area contributed by atoms with Crippen molar-refractivity contribution in [2.24, 2.45) is 11.7 Å². The van der Waals surface area contributed by atoms with E-state index in [1.54, 1.807) is 0 Å². The zero-order valence-corrected chi connectivity index (χ0v) is 13.6. The van der Waals surface area contributed by atoms with E-state index in [0.29, 0.717) is 6.42 Å². The summed E-state index contributed by atoms with van der Waals surface area (Å²) < 4.78 is 0. The third kappa shape index (κ3) is 8.50. The largest absolute Gasteiger partial charge is 0.481 e. The van der Waals surface area contributed by atoms with E-state index in [2.05, 4.69) is 23.3 Å². The molecule has 0 radical (unpaired) electrons. The Balaban J connectivity index is 4.86. The summed E-state index contributed by atoms with van der Waals surface area (Å²) in [5.74, 6) is -2.93. The van der Waals surface area contributed by atoms with E-state index in [0.717, 1.165) is 0 Å². The molecular formula is C13H23N3O5S. The van der Waals surface area contributed by atoms with Crippen molar-refractivity contribution in [3.8, 4) is 0 Å². The number of hydrogen-bond acceptors (Lipinski definition) is 5. The summed E-state index contributed by atoms with van der Waals surface area (Å²) in [6.45, 7) is 3.74.